The van der Waals surface area contributed by atoms with Gasteiger partial charge in [-0.1, -0.05) is 6.07 Å². The van der Waals surface area contributed by atoms with Crippen LogP contribution >= 0.6 is 0 Å². The van der Waals surface area contributed by atoms with Crippen LogP contribution in [0.3, 0.4) is 0 Å². The molecule has 2 aromatic rings. The van der Waals surface area contributed by atoms with Crippen molar-refractivity contribution in [3.8, 4) is 0 Å². The van der Waals surface area contributed by atoms with Crippen LogP contribution in [-0.4, -0.2) is 28.7 Å². The van der Waals surface area contributed by atoms with Crippen LogP contribution in [0, 0.1) is 0 Å². The Morgan fingerprint density at radius 2 is 1.95 bits per heavy atom. The van der Waals surface area contributed by atoms with Gasteiger partial charge in [-0.2, -0.15) is 0 Å². The van der Waals surface area contributed by atoms with E-state index in [0.29, 0.717) is 6.61 Å². The van der Waals surface area contributed by atoms with Crippen molar-refractivity contribution in [2.75, 3.05) is 17.5 Å². The van der Waals surface area contributed by atoms with Crippen LogP contribution in [0.4, 0.5) is 11.4 Å². The van der Waals surface area contributed by atoms with E-state index in [1.54, 1.807) is 12.4 Å². The quantitative estimate of drug-likeness (QED) is 0.537. The molecule has 1 aliphatic rings. The van der Waals surface area contributed by atoms with Crippen LogP contribution in [0.15, 0.2) is 36.9 Å². The lowest BCUT2D eigenvalue weighted by atomic mass is 9.73. The summed E-state index contributed by atoms with van der Waals surface area (Å²) >= 11 is 0. The number of nitrogens with zero attached hydrogens (tertiary/aromatic N) is 2. The average Bonchev–Trinajstić information content (AvgIpc) is 2.47. The maximum Gasteiger partial charge on any atom is 0.491 e. The van der Waals surface area contributed by atoms with E-state index < -0.39 is 7.12 Å². The highest BCUT2D eigenvalue weighted by molar-refractivity contribution is 6.61. The molecule has 1 aromatic carbocycles. The molecule has 6 nitrogen and oxygen atoms in total. The first-order valence-electron chi connectivity index (χ1n) is 6.02. The Hall–Kier alpha value is -2.12. The summed E-state index contributed by atoms with van der Waals surface area (Å²) in [5.41, 5.74) is 9.55. The zero-order valence-corrected chi connectivity index (χ0v) is 10.2. The molecule has 7 heteroatoms. The lowest BCUT2D eigenvalue weighted by Gasteiger charge is -2.20. The molecule has 0 radical (unpaired) electrons. The molecule has 0 aliphatic carbocycles. The zero-order valence-electron chi connectivity index (χ0n) is 10.2. The number of rotatable bonds is 3. The summed E-state index contributed by atoms with van der Waals surface area (Å²) in [5, 5.41) is 9.78. The van der Waals surface area contributed by atoms with Crippen molar-refractivity contribution in [1.82, 2.24) is 9.97 Å². The molecule has 2 heterocycles. The summed E-state index contributed by atoms with van der Waals surface area (Å²) in [6.07, 6.45) is 5.62. The Morgan fingerprint density at radius 1 is 1.16 bits per heavy atom. The topological polar surface area (TPSA) is 79.3 Å². The van der Waals surface area contributed by atoms with Crippen LogP contribution in [-0.2, 0) is 11.1 Å². The number of fused-ring (bicyclic) bond motifs is 1. The van der Waals surface area contributed by atoms with Crippen molar-refractivity contribution < 1.29 is 9.68 Å². The van der Waals surface area contributed by atoms with Crippen molar-refractivity contribution >= 4 is 24.0 Å². The van der Waals surface area contributed by atoms with E-state index >= 15 is 0 Å². The normalized spacial score (nSPS) is 13.8. The predicted molar refractivity (Wildman–Crippen MR) is 73.0 cm³/mol. The van der Waals surface area contributed by atoms with Crippen LogP contribution < -0.4 is 16.3 Å². The standard InChI is InChI=1S/C12H13BN4O2/c18-13-12-5-10(2-1-9(12)3-4-19-13)16-17-11-6-14-8-15-7-11/h1-2,5-8,16-18H,3-4H2. The van der Waals surface area contributed by atoms with Gasteiger partial charge < -0.3 is 15.1 Å². The van der Waals surface area contributed by atoms with E-state index in [-0.39, 0.29) is 0 Å². The number of nitrogens with one attached hydrogen (secondary N) is 2. The minimum Gasteiger partial charge on any atom is -0.423 e. The van der Waals surface area contributed by atoms with E-state index in [9.17, 15) is 5.02 Å². The highest BCUT2D eigenvalue weighted by Crippen LogP contribution is 2.13. The number of hydrogen-bond acceptors (Lipinski definition) is 6. The maximum absolute atomic E-state index is 9.78. The highest BCUT2D eigenvalue weighted by atomic mass is 16.5. The molecule has 0 saturated carbocycles. The molecule has 3 N–H and O–H groups in total. The summed E-state index contributed by atoms with van der Waals surface area (Å²) in [5.74, 6) is 0. The van der Waals surface area contributed by atoms with Gasteiger partial charge >= 0.3 is 7.12 Å². The number of anilines is 2. The monoisotopic (exact) mass is 256 g/mol. The van der Waals surface area contributed by atoms with Gasteiger partial charge in [0.25, 0.3) is 0 Å². The highest BCUT2D eigenvalue weighted by Gasteiger charge is 2.24. The fourth-order valence-corrected chi connectivity index (χ4v) is 2.01. The number of hydrogen-bond donors (Lipinski definition) is 3. The molecule has 0 saturated heterocycles. The largest absolute Gasteiger partial charge is 0.491 e. The lowest BCUT2D eigenvalue weighted by molar-refractivity contribution is 0.266. The first kappa shape index (κ1) is 11.9. The van der Waals surface area contributed by atoms with Gasteiger partial charge in [-0.05, 0) is 29.6 Å². The van der Waals surface area contributed by atoms with E-state index in [1.165, 1.54) is 6.33 Å². The molecular formula is C12H13BN4O2. The smallest absolute Gasteiger partial charge is 0.423 e. The van der Waals surface area contributed by atoms with Gasteiger partial charge in [-0.15, -0.1) is 0 Å². The number of aromatic nitrogens is 2. The van der Waals surface area contributed by atoms with Gasteiger partial charge in [0.2, 0.25) is 0 Å². The SMILES string of the molecule is OB1OCCc2ccc(NNc3cncnc3)cc21. The third-order valence-electron chi connectivity index (χ3n) is 2.97. The van der Waals surface area contributed by atoms with E-state index in [0.717, 1.165) is 28.8 Å². The molecule has 0 spiro atoms. The summed E-state index contributed by atoms with van der Waals surface area (Å²) in [7, 11) is -0.842. The van der Waals surface area contributed by atoms with Crippen molar-refractivity contribution in [2.24, 2.45) is 0 Å². The average molecular weight is 256 g/mol. The fraction of sp³-hybridized carbons (Fsp3) is 0.167. The second kappa shape index (κ2) is 5.25. The van der Waals surface area contributed by atoms with Crippen molar-refractivity contribution in [1.29, 1.82) is 0 Å². The van der Waals surface area contributed by atoms with Crippen LogP contribution in [0.2, 0.25) is 0 Å². The molecule has 19 heavy (non-hydrogen) atoms. The predicted octanol–water partition coefficient (Wildman–Crippen LogP) is 0.176. The lowest BCUT2D eigenvalue weighted by Crippen LogP contribution is -2.41. The van der Waals surface area contributed by atoms with Crippen molar-refractivity contribution in [3.63, 3.8) is 0 Å². The van der Waals surface area contributed by atoms with Gasteiger partial charge in [-0.3, -0.25) is 5.43 Å². The molecule has 0 atom stereocenters. The van der Waals surface area contributed by atoms with Crippen LogP contribution in [0.5, 0.6) is 0 Å². The Bertz CT molecular complexity index is 567. The molecule has 96 valence electrons. The summed E-state index contributed by atoms with van der Waals surface area (Å²) in [4.78, 5) is 7.81. The van der Waals surface area contributed by atoms with E-state index in [1.807, 2.05) is 18.2 Å². The third kappa shape index (κ3) is 2.67. The minimum absolute atomic E-state index is 0.556. The number of benzene rings is 1. The number of hydrazine groups is 1. The van der Waals surface area contributed by atoms with E-state index in [4.69, 9.17) is 4.65 Å². The third-order valence-corrected chi connectivity index (χ3v) is 2.97. The van der Waals surface area contributed by atoms with Gasteiger partial charge in [-0.25, -0.2) is 9.97 Å². The molecule has 0 unspecified atom stereocenters. The second-order valence-electron chi connectivity index (χ2n) is 4.26. The zero-order chi connectivity index (χ0) is 13.1. The summed E-state index contributed by atoms with van der Waals surface area (Å²) < 4.78 is 5.21. The molecule has 1 aliphatic heterocycles. The molecule has 3 rings (SSSR count). The second-order valence-corrected chi connectivity index (χ2v) is 4.26. The minimum atomic E-state index is -0.842. The molecule has 0 amide bonds. The van der Waals surface area contributed by atoms with Crippen molar-refractivity contribution in [3.05, 3.63) is 42.5 Å². The Kier molecular flexibility index (Phi) is 3.30. The van der Waals surface area contributed by atoms with Gasteiger partial charge in [0.1, 0.15) is 6.33 Å². The fourth-order valence-electron chi connectivity index (χ4n) is 2.01. The molecule has 0 fully saturated rings. The summed E-state index contributed by atoms with van der Waals surface area (Å²) in [6.45, 7) is 0.556. The molecule has 1 aromatic heterocycles. The Labute approximate surface area is 111 Å². The van der Waals surface area contributed by atoms with Gasteiger partial charge in [0, 0.05) is 6.61 Å². The van der Waals surface area contributed by atoms with Crippen LogP contribution in [0.25, 0.3) is 0 Å². The van der Waals surface area contributed by atoms with Gasteiger partial charge in [0.05, 0.1) is 23.8 Å². The van der Waals surface area contributed by atoms with E-state index in [2.05, 4.69) is 20.8 Å². The molecular weight excluding hydrogens is 243 g/mol. The summed E-state index contributed by atoms with van der Waals surface area (Å²) in [6, 6.07) is 5.82. The molecule has 0 bridgehead atoms. The first-order chi connectivity index (χ1) is 9.33. The maximum atomic E-state index is 9.78. The van der Waals surface area contributed by atoms with Gasteiger partial charge in [0.15, 0.2) is 0 Å². The Morgan fingerprint density at radius 3 is 2.79 bits per heavy atom. The Balaban J connectivity index is 1.74. The van der Waals surface area contributed by atoms with Crippen LogP contribution in [0.1, 0.15) is 5.56 Å². The van der Waals surface area contributed by atoms with Crippen molar-refractivity contribution in [2.45, 2.75) is 6.42 Å². The first-order valence-corrected chi connectivity index (χ1v) is 6.02.